The molecule has 0 amide bonds. The van der Waals surface area contributed by atoms with Crippen LogP contribution in [-0.4, -0.2) is 11.3 Å². The SMILES string of the molecule is Cc1ccccc1Cc1cc(C=O)c[nH]1. The van der Waals surface area contributed by atoms with Crippen molar-refractivity contribution < 1.29 is 4.79 Å². The van der Waals surface area contributed by atoms with Gasteiger partial charge in [0.15, 0.2) is 6.29 Å². The predicted molar refractivity (Wildman–Crippen MR) is 60.2 cm³/mol. The highest BCUT2D eigenvalue weighted by Crippen LogP contribution is 2.13. The Morgan fingerprint density at radius 2 is 2.13 bits per heavy atom. The van der Waals surface area contributed by atoms with Crippen molar-refractivity contribution in [3.05, 3.63) is 58.9 Å². The average Bonchev–Trinajstić information content (AvgIpc) is 2.69. The van der Waals surface area contributed by atoms with Crippen molar-refractivity contribution in [1.82, 2.24) is 4.98 Å². The molecule has 0 aliphatic rings. The maximum absolute atomic E-state index is 10.5. The molecule has 0 radical (unpaired) electrons. The number of carbonyl (C=O) groups is 1. The molecule has 0 bridgehead atoms. The molecule has 0 fully saturated rings. The highest BCUT2D eigenvalue weighted by Gasteiger charge is 2.01. The standard InChI is InChI=1S/C13H13NO/c1-10-4-2-3-5-12(10)7-13-6-11(9-15)8-14-13/h2-6,8-9,14H,7H2,1H3. The van der Waals surface area contributed by atoms with Gasteiger partial charge in [-0.3, -0.25) is 4.79 Å². The van der Waals surface area contributed by atoms with Crippen LogP contribution in [0.3, 0.4) is 0 Å². The molecule has 0 saturated carbocycles. The second kappa shape index (κ2) is 4.13. The molecule has 0 saturated heterocycles. The second-order valence-corrected chi connectivity index (χ2v) is 3.68. The molecule has 0 unspecified atom stereocenters. The van der Waals surface area contributed by atoms with Crippen molar-refractivity contribution in [2.45, 2.75) is 13.3 Å². The number of hydrogen-bond donors (Lipinski definition) is 1. The van der Waals surface area contributed by atoms with Crippen molar-refractivity contribution in [2.24, 2.45) is 0 Å². The normalized spacial score (nSPS) is 10.2. The van der Waals surface area contributed by atoms with E-state index in [9.17, 15) is 4.79 Å². The van der Waals surface area contributed by atoms with E-state index < -0.39 is 0 Å². The molecule has 0 atom stereocenters. The van der Waals surface area contributed by atoms with Gasteiger partial charge in [0, 0.05) is 23.9 Å². The van der Waals surface area contributed by atoms with E-state index in [0.717, 1.165) is 18.4 Å². The summed E-state index contributed by atoms with van der Waals surface area (Å²) in [4.78, 5) is 13.6. The molecule has 1 aromatic heterocycles. The number of aromatic amines is 1. The molecule has 0 aliphatic heterocycles. The number of carbonyl (C=O) groups excluding carboxylic acids is 1. The maximum atomic E-state index is 10.5. The minimum atomic E-state index is 0.707. The van der Waals surface area contributed by atoms with Gasteiger partial charge in [0.25, 0.3) is 0 Å². The molecule has 1 aromatic carbocycles. The third kappa shape index (κ3) is 2.15. The van der Waals surface area contributed by atoms with E-state index in [0.29, 0.717) is 5.56 Å². The van der Waals surface area contributed by atoms with E-state index in [2.05, 4.69) is 24.0 Å². The Kier molecular flexibility index (Phi) is 2.68. The second-order valence-electron chi connectivity index (χ2n) is 3.68. The Morgan fingerprint density at radius 1 is 1.33 bits per heavy atom. The summed E-state index contributed by atoms with van der Waals surface area (Å²) < 4.78 is 0. The van der Waals surface area contributed by atoms with Gasteiger partial charge in [0.1, 0.15) is 0 Å². The molecular weight excluding hydrogens is 186 g/mol. The zero-order valence-electron chi connectivity index (χ0n) is 8.66. The number of H-pyrrole nitrogens is 1. The van der Waals surface area contributed by atoms with E-state index in [1.54, 1.807) is 6.20 Å². The first-order valence-electron chi connectivity index (χ1n) is 4.96. The van der Waals surface area contributed by atoms with Crippen molar-refractivity contribution in [3.63, 3.8) is 0 Å². The van der Waals surface area contributed by atoms with Crippen LogP contribution in [0.4, 0.5) is 0 Å². The van der Waals surface area contributed by atoms with Gasteiger partial charge in [-0.1, -0.05) is 24.3 Å². The van der Waals surface area contributed by atoms with Crippen molar-refractivity contribution in [1.29, 1.82) is 0 Å². The topological polar surface area (TPSA) is 32.9 Å². The summed E-state index contributed by atoms with van der Waals surface area (Å²) in [6.45, 7) is 2.10. The summed E-state index contributed by atoms with van der Waals surface area (Å²) in [6, 6.07) is 10.2. The molecule has 1 heterocycles. The monoisotopic (exact) mass is 199 g/mol. The Labute approximate surface area is 89.0 Å². The fourth-order valence-electron chi connectivity index (χ4n) is 1.64. The lowest BCUT2D eigenvalue weighted by Gasteiger charge is -2.02. The van der Waals surface area contributed by atoms with Crippen molar-refractivity contribution >= 4 is 6.29 Å². The number of aldehydes is 1. The predicted octanol–water partition coefficient (Wildman–Crippen LogP) is 2.73. The summed E-state index contributed by atoms with van der Waals surface area (Å²) in [6.07, 6.45) is 3.44. The van der Waals surface area contributed by atoms with Crippen molar-refractivity contribution in [3.8, 4) is 0 Å². The zero-order valence-corrected chi connectivity index (χ0v) is 8.66. The average molecular weight is 199 g/mol. The zero-order chi connectivity index (χ0) is 10.7. The van der Waals surface area contributed by atoms with Crippen LogP contribution in [0, 0.1) is 6.92 Å². The number of aryl methyl sites for hydroxylation is 1. The number of nitrogens with one attached hydrogen (secondary N) is 1. The van der Waals surface area contributed by atoms with Crippen LogP contribution in [0.15, 0.2) is 36.5 Å². The van der Waals surface area contributed by atoms with Crippen LogP contribution in [-0.2, 0) is 6.42 Å². The van der Waals surface area contributed by atoms with Gasteiger partial charge < -0.3 is 4.98 Å². The quantitative estimate of drug-likeness (QED) is 0.757. The van der Waals surface area contributed by atoms with Crippen LogP contribution in [0.2, 0.25) is 0 Å². The smallest absolute Gasteiger partial charge is 0.151 e. The lowest BCUT2D eigenvalue weighted by molar-refractivity contribution is 0.112. The molecule has 2 heteroatoms. The van der Waals surface area contributed by atoms with E-state index in [1.165, 1.54) is 11.1 Å². The lowest BCUT2D eigenvalue weighted by Crippen LogP contribution is -1.90. The molecule has 0 spiro atoms. The lowest BCUT2D eigenvalue weighted by atomic mass is 10.0. The molecule has 1 N–H and O–H groups in total. The maximum Gasteiger partial charge on any atom is 0.151 e. The number of hydrogen-bond acceptors (Lipinski definition) is 1. The largest absolute Gasteiger partial charge is 0.364 e. The molecule has 2 nitrogen and oxygen atoms in total. The molecule has 76 valence electrons. The van der Waals surface area contributed by atoms with Gasteiger partial charge in [-0.2, -0.15) is 0 Å². The first-order chi connectivity index (χ1) is 7.29. The number of benzene rings is 1. The van der Waals surface area contributed by atoms with E-state index in [4.69, 9.17) is 0 Å². The van der Waals surface area contributed by atoms with Gasteiger partial charge in [0.05, 0.1) is 0 Å². The number of rotatable bonds is 3. The number of aromatic nitrogens is 1. The molecule has 2 rings (SSSR count). The summed E-state index contributed by atoms with van der Waals surface area (Å²) in [5, 5.41) is 0. The fourth-order valence-corrected chi connectivity index (χ4v) is 1.64. The van der Waals surface area contributed by atoms with Gasteiger partial charge in [-0.25, -0.2) is 0 Å². The van der Waals surface area contributed by atoms with Crippen molar-refractivity contribution in [2.75, 3.05) is 0 Å². The molecular formula is C13H13NO. The molecule has 0 aliphatic carbocycles. The summed E-state index contributed by atoms with van der Waals surface area (Å²) in [5.74, 6) is 0. The Morgan fingerprint density at radius 3 is 2.80 bits per heavy atom. The van der Waals surface area contributed by atoms with Gasteiger partial charge >= 0.3 is 0 Å². The Balaban J connectivity index is 2.22. The first-order valence-corrected chi connectivity index (χ1v) is 4.96. The van der Waals surface area contributed by atoms with Crippen LogP contribution < -0.4 is 0 Å². The summed E-state index contributed by atoms with van der Waals surface area (Å²) >= 11 is 0. The minimum Gasteiger partial charge on any atom is -0.364 e. The summed E-state index contributed by atoms with van der Waals surface area (Å²) in [5.41, 5.74) is 4.35. The van der Waals surface area contributed by atoms with Crippen LogP contribution in [0.25, 0.3) is 0 Å². The Bertz CT molecular complexity index is 471. The Hall–Kier alpha value is -1.83. The summed E-state index contributed by atoms with van der Waals surface area (Å²) in [7, 11) is 0. The van der Waals surface area contributed by atoms with Crippen LogP contribution in [0.5, 0.6) is 0 Å². The van der Waals surface area contributed by atoms with Gasteiger partial charge in [-0.05, 0) is 24.1 Å². The van der Waals surface area contributed by atoms with Crippen LogP contribution in [0.1, 0.15) is 27.2 Å². The van der Waals surface area contributed by atoms with Gasteiger partial charge in [-0.15, -0.1) is 0 Å². The highest BCUT2D eigenvalue weighted by atomic mass is 16.1. The first kappa shape index (κ1) is 9.71. The van der Waals surface area contributed by atoms with E-state index in [1.807, 2.05) is 18.2 Å². The highest BCUT2D eigenvalue weighted by molar-refractivity contribution is 5.74. The van der Waals surface area contributed by atoms with Crippen LogP contribution >= 0.6 is 0 Å². The fraction of sp³-hybridized carbons (Fsp3) is 0.154. The van der Waals surface area contributed by atoms with E-state index in [-0.39, 0.29) is 0 Å². The molecule has 15 heavy (non-hydrogen) atoms. The third-order valence-corrected chi connectivity index (χ3v) is 2.54. The van der Waals surface area contributed by atoms with E-state index >= 15 is 0 Å². The minimum absolute atomic E-state index is 0.707. The molecule has 2 aromatic rings. The third-order valence-electron chi connectivity index (χ3n) is 2.54. The van der Waals surface area contributed by atoms with Gasteiger partial charge in [0.2, 0.25) is 0 Å².